The number of aliphatic hydroxyl groups is 1. The Morgan fingerprint density at radius 2 is 2.07 bits per heavy atom. The molecular formula is C11H22O3. The fourth-order valence-corrected chi connectivity index (χ4v) is 1.26. The minimum Gasteiger partial charge on any atom is -0.463 e. The number of carbonyl (C=O) groups is 1. The van der Waals surface area contributed by atoms with Crippen LogP contribution >= 0.6 is 0 Å². The fraction of sp³-hybridized carbons (Fsp3) is 0.909. The number of carbonyl (C=O) groups excluding carboxylic acids is 1. The molecule has 2 atom stereocenters. The maximum Gasteiger partial charge on any atom is 0.309 e. The second-order valence-electron chi connectivity index (χ2n) is 3.73. The van der Waals surface area contributed by atoms with E-state index in [1.54, 1.807) is 6.92 Å². The molecule has 0 aromatic rings. The highest BCUT2D eigenvalue weighted by molar-refractivity contribution is 5.72. The third-order valence-corrected chi connectivity index (χ3v) is 2.20. The van der Waals surface area contributed by atoms with Gasteiger partial charge < -0.3 is 9.84 Å². The molecule has 0 unspecified atom stereocenters. The Hall–Kier alpha value is -0.570. The van der Waals surface area contributed by atoms with E-state index in [9.17, 15) is 4.79 Å². The molecule has 0 aromatic carbocycles. The molecule has 0 aliphatic heterocycles. The fourth-order valence-electron chi connectivity index (χ4n) is 1.26. The van der Waals surface area contributed by atoms with E-state index in [2.05, 4.69) is 6.92 Å². The van der Waals surface area contributed by atoms with E-state index in [0.717, 1.165) is 25.7 Å². The predicted molar refractivity (Wildman–Crippen MR) is 55.9 cm³/mol. The summed E-state index contributed by atoms with van der Waals surface area (Å²) in [6.45, 7) is 5.82. The van der Waals surface area contributed by atoms with Gasteiger partial charge in [-0.1, -0.05) is 26.7 Å². The van der Waals surface area contributed by atoms with Crippen LogP contribution in [0.5, 0.6) is 0 Å². The SMILES string of the molecule is CCCC[C@H](CC)C(=O)OC[C@@H](C)O. The summed E-state index contributed by atoms with van der Waals surface area (Å²) < 4.78 is 4.96. The van der Waals surface area contributed by atoms with Crippen molar-refractivity contribution in [3.8, 4) is 0 Å². The van der Waals surface area contributed by atoms with Crippen molar-refractivity contribution in [3.63, 3.8) is 0 Å². The number of aliphatic hydroxyl groups excluding tert-OH is 1. The Labute approximate surface area is 86.5 Å². The van der Waals surface area contributed by atoms with Gasteiger partial charge in [-0.3, -0.25) is 4.79 Å². The largest absolute Gasteiger partial charge is 0.463 e. The summed E-state index contributed by atoms with van der Waals surface area (Å²) >= 11 is 0. The van der Waals surface area contributed by atoms with Crippen LogP contribution in [0.4, 0.5) is 0 Å². The van der Waals surface area contributed by atoms with Crippen LogP contribution in [0.1, 0.15) is 46.5 Å². The van der Waals surface area contributed by atoms with Gasteiger partial charge in [-0.25, -0.2) is 0 Å². The highest BCUT2D eigenvalue weighted by Gasteiger charge is 2.17. The van der Waals surface area contributed by atoms with Crippen LogP contribution in [0, 0.1) is 5.92 Å². The molecule has 0 aliphatic carbocycles. The zero-order valence-electron chi connectivity index (χ0n) is 9.45. The summed E-state index contributed by atoms with van der Waals surface area (Å²) in [5.41, 5.74) is 0. The van der Waals surface area contributed by atoms with E-state index in [-0.39, 0.29) is 18.5 Å². The van der Waals surface area contributed by atoms with Crippen LogP contribution in [0.25, 0.3) is 0 Å². The molecule has 3 heteroatoms. The first kappa shape index (κ1) is 13.4. The van der Waals surface area contributed by atoms with Gasteiger partial charge in [0.1, 0.15) is 6.61 Å². The Balaban J connectivity index is 3.79. The molecule has 0 aromatic heterocycles. The van der Waals surface area contributed by atoms with Gasteiger partial charge in [0.15, 0.2) is 0 Å². The summed E-state index contributed by atoms with van der Waals surface area (Å²) in [6.07, 6.45) is 3.30. The Bertz CT molecular complexity index is 155. The van der Waals surface area contributed by atoms with Crippen LogP contribution < -0.4 is 0 Å². The number of ether oxygens (including phenoxy) is 1. The number of esters is 1. The first-order valence-electron chi connectivity index (χ1n) is 5.46. The molecule has 14 heavy (non-hydrogen) atoms. The van der Waals surface area contributed by atoms with Gasteiger partial charge in [0.2, 0.25) is 0 Å². The van der Waals surface area contributed by atoms with E-state index < -0.39 is 6.10 Å². The first-order valence-corrected chi connectivity index (χ1v) is 5.46. The van der Waals surface area contributed by atoms with Crippen molar-refractivity contribution in [3.05, 3.63) is 0 Å². The van der Waals surface area contributed by atoms with Gasteiger partial charge in [-0.15, -0.1) is 0 Å². The lowest BCUT2D eigenvalue weighted by Crippen LogP contribution is -2.21. The van der Waals surface area contributed by atoms with Crippen LogP contribution in [0.15, 0.2) is 0 Å². The van der Waals surface area contributed by atoms with E-state index in [0.29, 0.717) is 0 Å². The summed E-state index contributed by atoms with van der Waals surface area (Å²) in [5, 5.41) is 8.95. The Morgan fingerprint density at radius 1 is 1.43 bits per heavy atom. The lowest BCUT2D eigenvalue weighted by atomic mass is 10.00. The first-order chi connectivity index (χ1) is 6.61. The highest BCUT2D eigenvalue weighted by Crippen LogP contribution is 2.14. The van der Waals surface area contributed by atoms with E-state index in [4.69, 9.17) is 9.84 Å². The molecule has 0 bridgehead atoms. The summed E-state index contributed by atoms with van der Waals surface area (Å²) in [5.74, 6) is -0.157. The number of rotatable bonds is 7. The quantitative estimate of drug-likeness (QED) is 0.643. The average molecular weight is 202 g/mol. The van der Waals surface area contributed by atoms with Crippen molar-refractivity contribution >= 4 is 5.97 Å². The number of hydrogen-bond acceptors (Lipinski definition) is 3. The topological polar surface area (TPSA) is 46.5 Å². The van der Waals surface area contributed by atoms with Crippen molar-refractivity contribution in [1.82, 2.24) is 0 Å². The molecular weight excluding hydrogens is 180 g/mol. The molecule has 3 nitrogen and oxygen atoms in total. The van der Waals surface area contributed by atoms with Crippen molar-refractivity contribution < 1.29 is 14.6 Å². The smallest absolute Gasteiger partial charge is 0.309 e. The highest BCUT2D eigenvalue weighted by atomic mass is 16.5. The molecule has 0 spiro atoms. The lowest BCUT2D eigenvalue weighted by molar-refractivity contribution is -0.151. The van der Waals surface area contributed by atoms with Crippen LogP contribution in [-0.4, -0.2) is 23.8 Å². The van der Waals surface area contributed by atoms with Gasteiger partial charge in [-0.2, -0.15) is 0 Å². The van der Waals surface area contributed by atoms with Crippen molar-refractivity contribution in [2.24, 2.45) is 5.92 Å². The predicted octanol–water partition coefficient (Wildman–Crippen LogP) is 2.13. The molecule has 0 rings (SSSR count). The Kier molecular flexibility index (Phi) is 7.48. The molecule has 0 radical (unpaired) electrons. The van der Waals surface area contributed by atoms with Gasteiger partial charge in [0.25, 0.3) is 0 Å². The minimum atomic E-state index is -0.567. The van der Waals surface area contributed by atoms with Crippen molar-refractivity contribution in [1.29, 1.82) is 0 Å². The van der Waals surface area contributed by atoms with Crippen molar-refractivity contribution in [2.75, 3.05) is 6.61 Å². The standard InChI is InChI=1S/C11H22O3/c1-4-6-7-10(5-2)11(13)14-8-9(3)12/h9-10,12H,4-8H2,1-3H3/t9-,10+/m1/s1. The van der Waals surface area contributed by atoms with E-state index in [1.807, 2.05) is 6.92 Å². The third kappa shape index (κ3) is 5.97. The zero-order valence-corrected chi connectivity index (χ0v) is 9.45. The number of unbranched alkanes of at least 4 members (excludes halogenated alkanes) is 1. The normalized spacial score (nSPS) is 14.9. The van der Waals surface area contributed by atoms with Gasteiger partial charge >= 0.3 is 5.97 Å². The zero-order chi connectivity index (χ0) is 11.0. The van der Waals surface area contributed by atoms with Gasteiger partial charge in [0, 0.05) is 0 Å². The second-order valence-corrected chi connectivity index (χ2v) is 3.73. The summed E-state index contributed by atoms with van der Waals surface area (Å²) in [4.78, 5) is 11.5. The maximum atomic E-state index is 11.5. The molecule has 84 valence electrons. The molecule has 0 saturated carbocycles. The molecule has 0 aliphatic rings. The van der Waals surface area contributed by atoms with Crippen LogP contribution in [-0.2, 0) is 9.53 Å². The van der Waals surface area contributed by atoms with E-state index in [1.165, 1.54) is 0 Å². The molecule has 1 N–H and O–H groups in total. The average Bonchev–Trinajstić information content (AvgIpc) is 2.16. The molecule has 0 saturated heterocycles. The maximum absolute atomic E-state index is 11.5. The van der Waals surface area contributed by atoms with Crippen LogP contribution in [0.3, 0.4) is 0 Å². The molecule has 0 fully saturated rings. The summed E-state index contributed by atoms with van der Waals surface area (Å²) in [7, 11) is 0. The Morgan fingerprint density at radius 3 is 2.50 bits per heavy atom. The third-order valence-electron chi connectivity index (χ3n) is 2.20. The second kappa shape index (κ2) is 7.80. The lowest BCUT2D eigenvalue weighted by Gasteiger charge is -2.14. The van der Waals surface area contributed by atoms with E-state index >= 15 is 0 Å². The van der Waals surface area contributed by atoms with Crippen molar-refractivity contribution in [2.45, 2.75) is 52.6 Å². The van der Waals surface area contributed by atoms with Gasteiger partial charge in [0.05, 0.1) is 12.0 Å². The number of hydrogen-bond donors (Lipinski definition) is 1. The minimum absolute atomic E-state index is 0.00806. The van der Waals surface area contributed by atoms with Crippen LogP contribution in [0.2, 0.25) is 0 Å². The summed E-state index contributed by atoms with van der Waals surface area (Å²) in [6, 6.07) is 0. The monoisotopic (exact) mass is 202 g/mol. The molecule has 0 heterocycles. The van der Waals surface area contributed by atoms with Gasteiger partial charge in [-0.05, 0) is 19.8 Å². The molecule has 0 amide bonds.